The van der Waals surface area contributed by atoms with Gasteiger partial charge < -0.3 is 10.2 Å². The number of nitrogens with one attached hydrogen (secondary N) is 1. The molecular weight excluding hydrogens is 268 g/mol. The number of thioether (sulfide) groups is 1. The lowest BCUT2D eigenvalue weighted by Crippen LogP contribution is -2.14. The number of aromatic amines is 1. The maximum atomic E-state index is 12.0. The Balaban J connectivity index is 1.88. The normalized spacial score (nSPS) is 14.8. The standard InChI is InChI=1S/C12H14N2O4S/c15-8-5-9(19-4-2-1-3-10(16)17)12(18)7-6-13-14-11(7)8/h5-6,10,16-17H,1-4H2,(H,13,14). The van der Waals surface area contributed by atoms with Crippen molar-refractivity contribution in [1.29, 1.82) is 0 Å². The summed E-state index contributed by atoms with van der Waals surface area (Å²) in [5.41, 5.74) is 0.568. The topological polar surface area (TPSA) is 103 Å². The van der Waals surface area contributed by atoms with Crippen LogP contribution in [0.25, 0.3) is 0 Å². The molecule has 102 valence electrons. The van der Waals surface area contributed by atoms with Crippen LogP contribution in [0.1, 0.15) is 40.1 Å². The summed E-state index contributed by atoms with van der Waals surface area (Å²) in [7, 11) is 0. The second kappa shape index (κ2) is 6.14. The molecular formula is C12H14N2O4S. The third-order valence-electron chi connectivity index (χ3n) is 2.73. The summed E-state index contributed by atoms with van der Waals surface area (Å²) >= 11 is 1.31. The molecule has 0 radical (unpaired) electrons. The van der Waals surface area contributed by atoms with Gasteiger partial charge in [0, 0.05) is 6.08 Å². The molecule has 0 aromatic carbocycles. The molecule has 0 saturated heterocycles. The van der Waals surface area contributed by atoms with Crippen LogP contribution in [0, 0.1) is 0 Å². The van der Waals surface area contributed by atoms with Gasteiger partial charge in [-0.25, -0.2) is 0 Å². The predicted octanol–water partition coefficient (Wildman–Crippen LogP) is 0.887. The van der Waals surface area contributed by atoms with Crippen molar-refractivity contribution >= 4 is 23.3 Å². The van der Waals surface area contributed by atoms with Gasteiger partial charge in [0.1, 0.15) is 5.69 Å². The molecule has 19 heavy (non-hydrogen) atoms. The van der Waals surface area contributed by atoms with Crippen molar-refractivity contribution in [2.24, 2.45) is 0 Å². The number of fused-ring (bicyclic) bond motifs is 1. The molecule has 6 nitrogen and oxygen atoms in total. The number of hydrogen-bond acceptors (Lipinski definition) is 6. The van der Waals surface area contributed by atoms with Gasteiger partial charge in [-0.05, 0) is 25.0 Å². The van der Waals surface area contributed by atoms with Gasteiger partial charge in [0.2, 0.25) is 11.6 Å². The highest BCUT2D eigenvalue weighted by atomic mass is 32.2. The largest absolute Gasteiger partial charge is 0.368 e. The number of unbranched alkanes of at least 4 members (excludes halogenated alkanes) is 1. The molecule has 0 bridgehead atoms. The van der Waals surface area contributed by atoms with Gasteiger partial charge in [-0.15, -0.1) is 11.8 Å². The van der Waals surface area contributed by atoms with E-state index in [9.17, 15) is 9.59 Å². The fourth-order valence-corrected chi connectivity index (χ4v) is 2.75. The molecule has 0 spiro atoms. The number of ketones is 2. The minimum absolute atomic E-state index is 0.185. The molecule has 0 saturated carbocycles. The summed E-state index contributed by atoms with van der Waals surface area (Å²) in [6, 6.07) is 0. The lowest BCUT2D eigenvalue weighted by atomic mass is 10.0. The number of carbonyl (C=O) groups excluding carboxylic acids is 2. The second-order valence-electron chi connectivity index (χ2n) is 4.19. The summed E-state index contributed by atoms with van der Waals surface area (Å²) in [5.74, 6) is 0.237. The van der Waals surface area contributed by atoms with E-state index in [0.717, 1.165) is 6.42 Å². The summed E-state index contributed by atoms with van der Waals surface area (Å²) in [6.45, 7) is 0. The van der Waals surface area contributed by atoms with Gasteiger partial charge in [0.15, 0.2) is 6.29 Å². The maximum absolute atomic E-state index is 12.0. The van der Waals surface area contributed by atoms with Crippen LogP contribution in [0.5, 0.6) is 0 Å². The van der Waals surface area contributed by atoms with E-state index in [-0.39, 0.29) is 17.3 Å². The van der Waals surface area contributed by atoms with Crippen molar-refractivity contribution in [2.75, 3.05) is 5.75 Å². The molecule has 1 aliphatic rings. The number of H-pyrrole nitrogens is 1. The van der Waals surface area contributed by atoms with Crippen LogP contribution in [0.4, 0.5) is 0 Å². The van der Waals surface area contributed by atoms with Crippen molar-refractivity contribution < 1.29 is 19.8 Å². The van der Waals surface area contributed by atoms with E-state index in [2.05, 4.69) is 10.2 Å². The molecule has 3 N–H and O–H groups in total. The average molecular weight is 282 g/mol. The van der Waals surface area contributed by atoms with Crippen LogP contribution < -0.4 is 0 Å². The van der Waals surface area contributed by atoms with Gasteiger partial charge in [-0.2, -0.15) is 5.10 Å². The van der Waals surface area contributed by atoms with Crippen LogP contribution in [0.3, 0.4) is 0 Å². The summed E-state index contributed by atoms with van der Waals surface area (Å²) in [4.78, 5) is 24.1. The number of carbonyl (C=O) groups is 2. The van der Waals surface area contributed by atoms with Crippen molar-refractivity contribution in [3.8, 4) is 0 Å². The van der Waals surface area contributed by atoms with Crippen molar-refractivity contribution in [3.63, 3.8) is 0 Å². The first-order chi connectivity index (χ1) is 9.09. The molecule has 0 aliphatic heterocycles. The smallest absolute Gasteiger partial charge is 0.205 e. The highest BCUT2D eigenvalue weighted by molar-refractivity contribution is 8.04. The second-order valence-corrected chi connectivity index (χ2v) is 5.32. The Bertz CT molecular complexity index is 522. The molecule has 0 atom stereocenters. The van der Waals surface area contributed by atoms with E-state index in [1.807, 2.05) is 0 Å². The molecule has 1 heterocycles. The van der Waals surface area contributed by atoms with Crippen molar-refractivity contribution in [1.82, 2.24) is 10.2 Å². The van der Waals surface area contributed by atoms with E-state index in [0.29, 0.717) is 29.1 Å². The Morgan fingerprint density at radius 2 is 2.11 bits per heavy atom. The molecule has 7 heteroatoms. The van der Waals surface area contributed by atoms with E-state index in [1.54, 1.807) is 0 Å². The quantitative estimate of drug-likeness (QED) is 0.529. The zero-order chi connectivity index (χ0) is 13.8. The molecule has 0 amide bonds. The van der Waals surface area contributed by atoms with Gasteiger partial charge in [-0.1, -0.05) is 0 Å². The molecule has 0 fully saturated rings. The van der Waals surface area contributed by atoms with Gasteiger partial charge in [0.05, 0.1) is 16.7 Å². The number of aromatic nitrogens is 2. The molecule has 2 rings (SSSR count). The fourth-order valence-electron chi connectivity index (χ4n) is 1.75. The summed E-state index contributed by atoms with van der Waals surface area (Å²) < 4.78 is 0. The van der Waals surface area contributed by atoms with Crippen molar-refractivity contribution in [2.45, 2.75) is 25.6 Å². The van der Waals surface area contributed by atoms with Crippen LogP contribution in [-0.4, -0.2) is 44.0 Å². The van der Waals surface area contributed by atoms with E-state index in [4.69, 9.17) is 10.2 Å². The SMILES string of the molecule is O=C1C(SCCCCC(O)O)=CC(=O)c2[nH]ncc21. The number of aliphatic hydroxyl groups is 2. The first-order valence-corrected chi connectivity index (χ1v) is 6.91. The van der Waals surface area contributed by atoms with E-state index >= 15 is 0 Å². The third kappa shape index (κ3) is 3.31. The van der Waals surface area contributed by atoms with Crippen LogP contribution in [0.2, 0.25) is 0 Å². The number of Topliss-reactive ketones (excluding diaryl/α,β-unsaturated/α-hetero) is 1. The number of hydrogen-bond donors (Lipinski definition) is 3. The van der Waals surface area contributed by atoms with Gasteiger partial charge >= 0.3 is 0 Å². The zero-order valence-corrected chi connectivity index (χ0v) is 10.9. The molecule has 0 unspecified atom stereocenters. The van der Waals surface area contributed by atoms with Crippen LogP contribution >= 0.6 is 11.8 Å². The van der Waals surface area contributed by atoms with Gasteiger partial charge in [-0.3, -0.25) is 14.7 Å². The first kappa shape index (κ1) is 14.0. The number of allylic oxidation sites excluding steroid dienone is 2. The van der Waals surface area contributed by atoms with Crippen molar-refractivity contribution in [3.05, 3.63) is 28.4 Å². The monoisotopic (exact) mass is 282 g/mol. The molecule has 1 aromatic heterocycles. The Morgan fingerprint density at radius 1 is 1.32 bits per heavy atom. The lowest BCUT2D eigenvalue weighted by Gasteiger charge is -2.10. The Kier molecular flexibility index (Phi) is 4.52. The minimum Gasteiger partial charge on any atom is -0.368 e. The minimum atomic E-state index is -1.28. The Morgan fingerprint density at radius 3 is 2.84 bits per heavy atom. The van der Waals surface area contributed by atoms with E-state index < -0.39 is 6.29 Å². The molecule has 1 aliphatic carbocycles. The summed E-state index contributed by atoms with van der Waals surface area (Å²) in [6.07, 6.45) is 3.14. The van der Waals surface area contributed by atoms with E-state index in [1.165, 1.54) is 24.0 Å². The average Bonchev–Trinajstić information content (AvgIpc) is 2.84. The highest BCUT2D eigenvalue weighted by Gasteiger charge is 2.27. The highest BCUT2D eigenvalue weighted by Crippen LogP contribution is 2.27. The Hall–Kier alpha value is -1.44. The lowest BCUT2D eigenvalue weighted by molar-refractivity contribution is -0.0462. The number of aliphatic hydroxyl groups excluding tert-OH is 1. The number of rotatable bonds is 6. The fraction of sp³-hybridized carbons (Fsp3) is 0.417. The maximum Gasteiger partial charge on any atom is 0.205 e. The first-order valence-electron chi connectivity index (χ1n) is 5.92. The third-order valence-corrected chi connectivity index (χ3v) is 3.84. The zero-order valence-electron chi connectivity index (χ0n) is 10.1. The number of nitrogens with zero attached hydrogens (tertiary/aromatic N) is 1. The Labute approximate surface area is 113 Å². The van der Waals surface area contributed by atoms with Crippen LogP contribution in [-0.2, 0) is 0 Å². The molecule has 1 aromatic rings. The van der Waals surface area contributed by atoms with Gasteiger partial charge in [0.25, 0.3) is 0 Å². The summed E-state index contributed by atoms with van der Waals surface area (Å²) in [5, 5.41) is 23.6. The van der Waals surface area contributed by atoms with Crippen LogP contribution in [0.15, 0.2) is 17.2 Å². The predicted molar refractivity (Wildman–Crippen MR) is 69.9 cm³/mol.